The number of nitrogens with two attached hydrogens (primary N) is 1. The Morgan fingerprint density at radius 1 is 1.07 bits per heavy atom. The number of sulfonamides is 2. The predicted molar refractivity (Wildman–Crippen MR) is 108 cm³/mol. The molecule has 28 heavy (non-hydrogen) atoms. The summed E-state index contributed by atoms with van der Waals surface area (Å²) in [6, 6.07) is 9.44. The second-order valence-corrected chi connectivity index (χ2v) is 9.67. The number of amides is 2. The van der Waals surface area contributed by atoms with E-state index < -0.39 is 26.1 Å². The van der Waals surface area contributed by atoms with Crippen molar-refractivity contribution in [1.29, 1.82) is 0 Å². The first-order valence-electron chi connectivity index (χ1n) is 7.91. The molecular weight excluding hydrogens is 428 g/mol. The maximum Gasteiger partial charge on any atom is 0.319 e. The summed E-state index contributed by atoms with van der Waals surface area (Å²) in [6.45, 7) is 1.69. The maximum absolute atomic E-state index is 12.1. The Morgan fingerprint density at radius 3 is 2.32 bits per heavy atom. The van der Waals surface area contributed by atoms with Crippen molar-refractivity contribution in [2.45, 2.75) is 11.8 Å². The Kier molecular flexibility index (Phi) is 6.88. The first-order chi connectivity index (χ1) is 13.0. The molecule has 2 amide bonds. The number of primary sulfonamides is 1. The Hall–Kier alpha value is -2.34. The number of carbonyl (C=O) groups excluding carboxylic acids is 1. The lowest BCUT2D eigenvalue weighted by Gasteiger charge is -2.11. The van der Waals surface area contributed by atoms with Gasteiger partial charge in [0.2, 0.25) is 20.0 Å². The minimum Gasteiger partial charge on any atom is -0.337 e. The molecule has 0 fully saturated rings. The molecule has 152 valence electrons. The number of carbonyl (C=O) groups is 1. The van der Waals surface area contributed by atoms with Gasteiger partial charge >= 0.3 is 6.03 Å². The minimum atomic E-state index is -3.86. The van der Waals surface area contributed by atoms with Crippen LogP contribution in [0, 0.1) is 6.92 Å². The van der Waals surface area contributed by atoms with Crippen LogP contribution in [0.4, 0.5) is 16.2 Å². The van der Waals surface area contributed by atoms with Gasteiger partial charge in [-0.2, -0.15) is 0 Å². The molecule has 2 aromatic rings. The third kappa shape index (κ3) is 6.68. The molecule has 0 aliphatic carbocycles. The van der Waals surface area contributed by atoms with E-state index in [0.29, 0.717) is 10.7 Å². The minimum absolute atomic E-state index is 0.136. The number of rotatable bonds is 7. The third-order valence-corrected chi connectivity index (χ3v) is 6.03. The van der Waals surface area contributed by atoms with Crippen molar-refractivity contribution >= 4 is 49.1 Å². The Bertz CT molecular complexity index is 1070. The summed E-state index contributed by atoms with van der Waals surface area (Å²) in [5.74, 6) is -0.390. The van der Waals surface area contributed by atoms with Crippen molar-refractivity contribution in [3.05, 3.63) is 53.1 Å². The number of halogens is 1. The summed E-state index contributed by atoms with van der Waals surface area (Å²) in [5, 5.41) is 10.3. The molecule has 12 heteroatoms. The second-order valence-electron chi connectivity index (χ2n) is 5.85. The lowest BCUT2D eigenvalue weighted by molar-refractivity contribution is 0.252. The van der Waals surface area contributed by atoms with Gasteiger partial charge in [-0.15, -0.1) is 0 Å². The quantitative estimate of drug-likeness (QED) is 0.512. The van der Waals surface area contributed by atoms with Crippen LogP contribution in [-0.4, -0.2) is 35.2 Å². The van der Waals surface area contributed by atoms with Crippen molar-refractivity contribution in [2.24, 2.45) is 5.14 Å². The zero-order chi connectivity index (χ0) is 20.9. The Balaban J connectivity index is 1.87. The van der Waals surface area contributed by atoms with Crippen LogP contribution in [-0.2, 0) is 20.0 Å². The van der Waals surface area contributed by atoms with E-state index in [1.54, 1.807) is 18.2 Å². The predicted octanol–water partition coefficient (Wildman–Crippen LogP) is 1.86. The summed E-state index contributed by atoms with van der Waals surface area (Å²) in [4.78, 5) is 11.8. The van der Waals surface area contributed by atoms with Crippen molar-refractivity contribution < 1.29 is 21.6 Å². The smallest absolute Gasteiger partial charge is 0.319 e. The van der Waals surface area contributed by atoms with Gasteiger partial charge in [0.05, 0.1) is 21.4 Å². The van der Waals surface area contributed by atoms with Gasteiger partial charge in [0.1, 0.15) is 0 Å². The highest BCUT2D eigenvalue weighted by Gasteiger charge is 2.13. The van der Waals surface area contributed by atoms with E-state index in [9.17, 15) is 21.6 Å². The van der Waals surface area contributed by atoms with Crippen LogP contribution in [0.2, 0.25) is 5.02 Å². The van der Waals surface area contributed by atoms with Crippen LogP contribution in [0.5, 0.6) is 0 Å². The van der Waals surface area contributed by atoms with Crippen molar-refractivity contribution in [2.75, 3.05) is 22.3 Å². The van der Waals surface area contributed by atoms with Gasteiger partial charge in [0.25, 0.3) is 0 Å². The fourth-order valence-electron chi connectivity index (χ4n) is 2.14. The van der Waals surface area contributed by atoms with E-state index in [0.717, 1.165) is 5.56 Å². The molecule has 0 heterocycles. The van der Waals surface area contributed by atoms with Crippen LogP contribution < -0.4 is 20.5 Å². The first kappa shape index (κ1) is 22.0. The number of aryl methyl sites for hydroxylation is 1. The topological polar surface area (TPSA) is 147 Å². The van der Waals surface area contributed by atoms with Gasteiger partial charge in [0.15, 0.2) is 0 Å². The van der Waals surface area contributed by atoms with Crippen LogP contribution in [0.1, 0.15) is 5.56 Å². The molecule has 0 spiro atoms. The average molecular weight is 447 g/mol. The van der Waals surface area contributed by atoms with Crippen molar-refractivity contribution in [3.63, 3.8) is 0 Å². The number of urea groups is 1. The molecule has 0 saturated heterocycles. The highest BCUT2D eigenvalue weighted by atomic mass is 35.5. The SMILES string of the molecule is Cc1ccc(Cl)c(NC(=O)NCCS(=O)(=O)Nc2ccc(S(N)(=O)=O)cc2)c1. The molecule has 0 unspecified atom stereocenters. The number of benzene rings is 2. The monoisotopic (exact) mass is 446 g/mol. The van der Waals surface area contributed by atoms with E-state index in [4.69, 9.17) is 16.7 Å². The Morgan fingerprint density at radius 2 is 1.71 bits per heavy atom. The summed E-state index contributed by atoms with van der Waals surface area (Å²) in [6.07, 6.45) is 0. The van der Waals surface area contributed by atoms with Gasteiger partial charge in [-0.3, -0.25) is 4.72 Å². The largest absolute Gasteiger partial charge is 0.337 e. The zero-order valence-electron chi connectivity index (χ0n) is 14.8. The lowest BCUT2D eigenvalue weighted by Crippen LogP contribution is -2.34. The van der Waals surface area contributed by atoms with Crippen LogP contribution in [0.25, 0.3) is 0 Å². The average Bonchev–Trinajstić information content (AvgIpc) is 2.57. The maximum atomic E-state index is 12.1. The summed E-state index contributed by atoms with van der Waals surface area (Å²) in [5.41, 5.74) is 1.48. The Labute approximate surface area is 168 Å². The van der Waals surface area contributed by atoms with Crippen molar-refractivity contribution in [3.8, 4) is 0 Å². The highest BCUT2D eigenvalue weighted by Crippen LogP contribution is 2.22. The summed E-state index contributed by atoms with van der Waals surface area (Å²) >= 11 is 5.98. The molecule has 0 aliphatic rings. The third-order valence-electron chi connectivity index (χ3n) is 3.48. The van der Waals surface area contributed by atoms with Crippen LogP contribution in [0.15, 0.2) is 47.4 Å². The van der Waals surface area contributed by atoms with Crippen LogP contribution >= 0.6 is 11.6 Å². The van der Waals surface area contributed by atoms with Gasteiger partial charge in [-0.25, -0.2) is 26.8 Å². The number of hydrogen-bond acceptors (Lipinski definition) is 5. The van der Waals surface area contributed by atoms with Gasteiger partial charge in [-0.05, 0) is 48.9 Å². The van der Waals surface area contributed by atoms with E-state index in [2.05, 4.69) is 15.4 Å². The fourth-order valence-corrected chi connectivity index (χ4v) is 3.79. The molecule has 5 N–H and O–H groups in total. The highest BCUT2D eigenvalue weighted by molar-refractivity contribution is 7.92. The molecule has 9 nitrogen and oxygen atoms in total. The fraction of sp³-hybridized carbons (Fsp3) is 0.188. The standard InChI is InChI=1S/C16H19ClN4O5S2/c1-11-2-7-14(17)15(10-11)20-16(22)19-8-9-27(23,24)21-12-3-5-13(6-4-12)28(18,25)26/h2-7,10,21H,8-9H2,1H3,(H2,18,25,26)(H2,19,20,22). The molecule has 0 atom stereocenters. The molecule has 0 aliphatic heterocycles. The van der Waals surface area contributed by atoms with E-state index in [-0.39, 0.29) is 22.9 Å². The van der Waals surface area contributed by atoms with Crippen LogP contribution in [0.3, 0.4) is 0 Å². The zero-order valence-corrected chi connectivity index (χ0v) is 17.2. The molecule has 0 aromatic heterocycles. The van der Waals surface area contributed by atoms with Gasteiger partial charge in [0, 0.05) is 12.2 Å². The lowest BCUT2D eigenvalue weighted by atomic mass is 10.2. The van der Waals surface area contributed by atoms with E-state index in [1.165, 1.54) is 24.3 Å². The second kappa shape index (κ2) is 8.78. The van der Waals surface area contributed by atoms with E-state index >= 15 is 0 Å². The molecular formula is C16H19ClN4O5S2. The van der Waals surface area contributed by atoms with Gasteiger partial charge < -0.3 is 10.6 Å². The van der Waals surface area contributed by atoms with Gasteiger partial charge in [-0.1, -0.05) is 17.7 Å². The number of anilines is 2. The molecule has 2 rings (SSSR count). The molecule has 0 saturated carbocycles. The van der Waals surface area contributed by atoms with Crippen molar-refractivity contribution in [1.82, 2.24) is 5.32 Å². The summed E-state index contributed by atoms with van der Waals surface area (Å²) < 4.78 is 48.8. The number of nitrogens with one attached hydrogen (secondary N) is 3. The normalized spacial score (nSPS) is 11.7. The first-order valence-corrected chi connectivity index (χ1v) is 11.5. The molecule has 0 bridgehead atoms. The van der Waals surface area contributed by atoms with E-state index in [1.807, 2.05) is 6.92 Å². The number of hydrogen-bond donors (Lipinski definition) is 4. The summed E-state index contributed by atoms with van der Waals surface area (Å²) in [7, 11) is -7.63. The molecule has 2 aromatic carbocycles. The molecule has 0 radical (unpaired) electrons.